The number of benzene rings is 2. The maximum Gasteiger partial charge on any atom is 0.311 e. The Hall–Kier alpha value is -3.62. The van der Waals surface area contributed by atoms with Crippen LogP contribution in [0.15, 0.2) is 42.5 Å². The number of nitro groups is 1. The number of amides is 1. The summed E-state index contributed by atoms with van der Waals surface area (Å²) in [6, 6.07) is 9.77. The lowest BCUT2D eigenvalue weighted by Gasteiger charge is -2.15. The Morgan fingerprint density at radius 3 is 2.48 bits per heavy atom. The minimum Gasteiger partial charge on any atom is -0.508 e. The molecule has 2 N–H and O–H groups in total. The molecule has 0 fully saturated rings. The third kappa shape index (κ3) is 5.43. The maximum absolute atomic E-state index is 12.2. The van der Waals surface area contributed by atoms with Gasteiger partial charge in [-0.2, -0.15) is 0 Å². The number of methoxy groups -OCH3 is 1. The van der Waals surface area contributed by atoms with E-state index in [1.165, 1.54) is 44.4 Å². The van der Waals surface area contributed by atoms with Crippen LogP contribution >= 0.6 is 0 Å². The summed E-state index contributed by atoms with van der Waals surface area (Å²) in [6.45, 7) is 1.40. The first-order valence-corrected chi connectivity index (χ1v) is 7.91. The third-order valence-corrected chi connectivity index (χ3v) is 3.62. The minimum atomic E-state index is -1.09. The normalized spacial score (nSPS) is 11.3. The van der Waals surface area contributed by atoms with Crippen molar-refractivity contribution in [1.82, 2.24) is 0 Å². The molecule has 9 heteroatoms. The van der Waals surface area contributed by atoms with Gasteiger partial charge in [0.15, 0.2) is 6.10 Å². The molecule has 0 spiro atoms. The van der Waals surface area contributed by atoms with Crippen molar-refractivity contribution in [3.05, 3.63) is 58.1 Å². The summed E-state index contributed by atoms with van der Waals surface area (Å²) >= 11 is 0. The number of ether oxygens (including phenoxy) is 2. The number of hydrogen-bond acceptors (Lipinski definition) is 7. The van der Waals surface area contributed by atoms with Gasteiger partial charge in [0.25, 0.3) is 11.6 Å². The molecule has 9 nitrogen and oxygen atoms in total. The number of phenolic OH excluding ortho intramolecular Hbond substituents is 1. The molecule has 0 saturated heterocycles. The third-order valence-electron chi connectivity index (χ3n) is 3.62. The molecule has 0 heterocycles. The molecule has 0 aliphatic heterocycles. The minimum absolute atomic E-state index is 0.0568. The number of phenols is 1. The largest absolute Gasteiger partial charge is 0.508 e. The van der Waals surface area contributed by atoms with Crippen LogP contribution in [0, 0.1) is 10.1 Å². The van der Waals surface area contributed by atoms with Crippen molar-refractivity contribution in [2.45, 2.75) is 19.4 Å². The standard InChI is InChI=1S/C18H18N2O7/c1-11(27-17(22)9-12-3-6-14(21)7-4-12)18(23)19-15-8-5-13(20(24)25)10-16(15)26-2/h3-8,10-11,21H,9H2,1-2H3,(H,19,23)/t11-/m1/s1. The summed E-state index contributed by atoms with van der Waals surface area (Å²) in [5, 5.41) is 22.5. The van der Waals surface area contributed by atoms with Crippen LogP contribution in [0.25, 0.3) is 0 Å². The second-order valence-electron chi connectivity index (χ2n) is 5.61. The van der Waals surface area contributed by atoms with Crippen molar-refractivity contribution in [1.29, 1.82) is 0 Å². The van der Waals surface area contributed by atoms with Crippen molar-refractivity contribution in [2.75, 3.05) is 12.4 Å². The van der Waals surface area contributed by atoms with Gasteiger partial charge in [-0.05, 0) is 30.7 Å². The predicted molar refractivity (Wildman–Crippen MR) is 95.6 cm³/mol. The molecular formula is C18H18N2O7. The van der Waals surface area contributed by atoms with E-state index in [-0.39, 0.29) is 29.3 Å². The summed E-state index contributed by atoms with van der Waals surface area (Å²) in [7, 11) is 1.32. The number of hydrogen-bond donors (Lipinski definition) is 2. The molecule has 27 heavy (non-hydrogen) atoms. The van der Waals surface area contributed by atoms with Crippen LogP contribution in [0.4, 0.5) is 11.4 Å². The van der Waals surface area contributed by atoms with E-state index in [1.807, 2.05) is 0 Å². The van der Waals surface area contributed by atoms with Crippen molar-refractivity contribution < 1.29 is 29.1 Å². The smallest absolute Gasteiger partial charge is 0.311 e. The van der Waals surface area contributed by atoms with E-state index in [4.69, 9.17) is 9.47 Å². The number of esters is 1. The topological polar surface area (TPSA) is 128 Å². The predicted octanol–water partition coefficient (Wildman–Crippen LogP) is 2.42. The molecule has 0 aliphatic rings. The quantitative estimate of drug-likeness (QED) is 0.433. The highest BCUT2D eigenvalue weighted by atomic mass is 16.6. The molecular weight excluding hydrogens is 356 g/mol. The van der Waals surface area contributed by atoms with Crippen LogP contribution in [-0.4, -0.2) is 35.1 Å². The zero-order chi connectivity index (χ0) is 20.0. The monoisotopic (exact) mass is 374 g/mol. The van der Waals surface area contributed by atoms with E-state index in [0.717, 1.165) is 0 Å². The van der Waals surface area contributed by atoms with Crippen molar-refractivity contribution in [2.24, 2.45) is 0 Å². The van der Waals surface area contributed by atoms with Gasteiger partial charge in [-0.3, -0.25) is 19.7 Å². The van der Waals surface area contributed by atoms with Crippen LogP contribution in [0.5, 0.6) is 11.5 Å². The number of nitrogens with one attached hydrogen (secondary N) is 1. The number of aromatic hydroxyl groups is 1. The number of nitro benzene ring substituents is 1. The van der Waals surface area contributed by atoms with Crippen LogP contribution in [0.1, 0.15) is 12.5 Å². The Balaban J connectivity index is 1.97. The number of non-ortho nitro benzene ring substituents is 1. The van der Waals surface area contributed by atoms with Gasteiger partial charge in [0.2, 0.25) is 0 Å². The van der Waals surface area contributed by atoms with Gasteiger partial charge < -0.3 is 19.9 Å². The van der Waals surface area contributed by atoms with Gasteiger partial charge in [-0.25, -0.2) is 0 Å². The number of carbonyl (C=O) groups is 2. The Morgan fingerprint density at radius 2 is 1.89 bits per heavy atom. The van der Waals surface area contributed by atoms with Crippen molar-refractivity contribution in [3.8, 4) is 11.5 Å². The number of anilines is 1. The van der Waals surface area contributed by atoms with Gasteiger partial charge in [0, 0.05) is 6.07 Å². The van der Waals surface area contributed by atoms with E-state index < -0.39 is 22.9 Å². The van der Waals surface area contributed by atoms with Gasteiger partial charge in [-0.15, -0.1) is 0 Å². The molecule has 0 aliphatic carbocycles. The zero-order valence-corrected chi connectivity index (χ0v) is 14.7. The number of carbonyl (C=O) groups excluding carboxylic acids is 2. The van der Waals surface area contributed by atoms with E-state index in [9.17, 15) is 24.8 Å². The lowest BCUT2D eigenvalue weighted by Crippen LogP contribution is -2.30. The molecule has 0 radical (unpaired) electrons. The summed E-state index contributed by atoms with van der Waals surface area (Å²) < 4.78 is 10.1. The number of nitrogens with zero attached hydrogens (tertiary/aromatic N) is 1. The fourth-order valence-electron chi connectivity index (χ4n) is 2.20. The lowest BCUT2D eigenvalue weighted by atomic mass is 10.1. The molecule has 1 atom stereocenters. The fraction of sp³-hybridized carbons (Fsp3) is 0.222. The second-order valence-corrected chi connectivity index (χ2v) is 5.61. The Labute approximate surface area is 154 Å². The molecule has 0 bridgehead atoms. The van der Waals surface area contributed by atoms with Crippen LogP contribution < -0.4 is 10.1 Å². The molecule has 2 rings (SSSR count). The van der Waals surface area contributed by atoms with Gasteiger partial charge in [-0.1, -0.05) is 12.1 Å². The van der Waals surface area contributed by atoms with E-state index >= 15 is 0 Å². The summed E-state index contributed by atoms with van der Waals surface area (Å²) in [6.07, 6.45) is -1.15. The summed E-state index contributed by atoms with van der Waals surface area (Å²) in [4.78, 5) is 34.4. The first-order valence-electron chi connectivity index (χ1n) is 7.91. The first-order chi connectivity index (χ1) is 12.8. The van der Waals surface area contributed by atoms with E-state index in [1.54, 1.807) is 12.1 Å². The second kappa shape index (κ2) is 8.65. The average molecular weight is 374 g/mol. The Kier molecular flexibility index (Phi) is 6.32. The molecule has 1 amide bonds. The lowest BCUT2D eigenvalue weighted by molar-refractivity contribution is -0.384. The zero-order valence-electron chi connectivity index (χ0n) is 14.7. The summed E-state index contributed by atoms with van der Waals surface area (Å²) in [5.41, 5.74) is 0.662. The Bertz CT molecular complexity index is 849. The summed E-state index contributed by atoms with van der Waals surface area (Å²) in [5.74, 6) is -1.03. The molecule has 0 saturated carbocycles. The highest BCUT2D eigenvalue weighted by Crippen LogP contribution is 2.29. The SMILES string of the molecule is COc1cc([N+](=O)[O-])ccc1NC(=O)[C@@H](C)OC(=O)Cc1ccc(O)cc1. The van der Waals surface area contributed by atoms with Crippen LogP contribution in [0.3, 0.4) is 0 Å². The first kappa shape index (κ1) is 19.7. The molecule has 2 aromatic carbocycles. The highest BCUT2D eigenvalue weighted by molar-refractivity contribution is 5.96. The molecule has 0 unspecified atom stereocenters. The molecule has 2 aromatic rings. The molecule has 142 valence electrons. The number of rotatable bonds is 7. The average Bonchev–Trinajstić information content (AvgIpc) is 2.63. The van der Waals surface area contributed by atoms with E-state index in [2.05, 4.69) is 5.32 Å². The molecule has 0 aromatic heterocycles. The Morgan fingerprint density at radius 1 is 1.22 bits per heavy atom. The van der Waals surface area contributed by atoms with Gasteiger partial charge in [0.05, 0.1) is 30.2 Å². The maximum atomic E-state index is 12.2. The van der Waals surface area contributed by atoms with Crippen LogP contribution in [-0.2, 0) is 20.7 Å². The fourth-order valence-corrected chi connectivity index (χ4v) is 2.20. The van der Waals surface area contributed by atoms with Gasteiger partial charge in [0.1, 0.15) is 11.5 Å². The van der Waals surface area contributed by atoms with Crippen molar-refractivity contribution >= 4 is 23.3 Å². The van der Waals surface area contributed by atoms with Crippen LogP contribution in [0.2, 0.25) is 0 Å². The highest BCUT2D eigenvalue weighted by Gasteiger charge is 2.20. The van der Waals surface area contributed by atoms with Crippen molar-refractivity contribution in [3.63, 3.8) is 0 Å². The van der Waals surface area contributed by atoms with Gasteiger partial charge >= 0.3 is 5.97 Å². The van der Waals surface area contributed by atoms with E-state index in [0.29, 0.717) is 5.56 Å².